The Morgan fingerprint density at radius 1 is 1.06 bits per heavy atom. The van der Waals surface area contributed by atoms with Crippen LogP contribution in [0.15, 0.2) is 77.3 Å². The summed E-state index contributed by atoms with van der Waals surface area (Å²) in [5, 5.41) is 2.79. The predicted molar refractivity (Wildman–Crippen MR) is 130 cm³/mol. The number of esters is 1. The molecule has 7 nitrogen and oxygen atoms in total. The SMILES string of the molecule is COC(=O)C1=C(c2ccccc2)c2cc(Cl)ccc2S(=O)(=O)N1CC(=O)Nc1cc(F)ccc1C. The maximum Gasteiger partial charge on any atom is 0.356 e. The first-order valence-corrected chi connectivity index (χ1v) is 12.2. The Morgan fingerprint density at radius 2 is 1.77 bits per heavy atom. The van der Waals surface area contributed by atoms with Crippen LogP contribution in [0.4, 0.5) is 10.1 Å². The van der Waals surface area contributed by atoms with Gasteiger partial charge in [-0.15, -0.1) is 0 Å². The standard InChI is InChI=1S/C25H20ClFN2O5S/c1-15-8-10-18(27)13-20(15)28-22(30)14-29-24(25(31)34-2)23(16-6-4-3-5-7-16)19-12-17(26)9-11-21(19)35(29,32)33/h3-13H,14H2,1-2H3,(H,28,30). The van der Waals surface area contributed by atoms with E-state index in [0.29, 0.717) is 15.4 Å². The smallest absolute Gasteiger partial charge is 0.356 e. The molecule has 0 atom stereocenters. The molecule has 0 bridgehead atoms. The zero-order chi connectivity index (χ0) is 25.3. The molecule has 4 rings (SSSR count). The van der Waals surface area contributed by atoms with Gasteiger partial charge in [0, 0.05) is 21.8 Å². The van der Waals surface area contributed by atoms with Gasteiger partial charge in [0.05, 0.1) is 12.0 Å². The lowest BCUT2D eigenvalue weighted by atomic mass is 9.95. The number of anilines is 1. The summed E-state index contributed by atoms with van der Waals surface area (Å²) in [6.45, 7) is 0.918. The topological polar surface area (TPSA) is 92.8 Å². The summed E-state index contributed by atoms with van der Waals surface area (Å²) in [4.78, 5) is 25.8. The summed E-state index contributed by atoms with van der Waals surface area (Å²) < 4.78 is 46.6. The van der Waals surface area contributed by atoms with Gasteiger partial charge in [0.15, 0.2) is 0 Å². The summed E-state index contributed by atoms with van der Waals surface area (Å²) in [6.07, 6.45) is 0. The number of carbonyl (C=O) groups excluding carboxylic acids is 2. The Kier molecular flexibility index (Phi) is 6.64. The van der Waals surface area contributed by atoms with Crippen LogP contribution >= 0.6 is 11.6 Å². The van der Waals surface area contributed by atoms with Gasteiger partial charge in [0.1, 0.15) is 18.1 Å². The average Bonchev–Trinajstić information content (AvgIpc) is 2.83. The van der Waals surface area contributed by atoms with E-state index in [9.17, 15) is 22.4 Å². The molecular weight excluding hydrogens is 495 g/mol. The molecule has 0 aliphatic carbocycles. The second kappa shape index (κ2) is 9.52. The van der Waals surface area contributed by atoms with E-state index in [-0.39, 0.29) is 32.4 Å². The summed E-state index contributed by atoms with van der Waals surface area (Å²) in [7, 11) is -3.25. The second-order valence-electron chi connectivity index (χ2n) is 7.74. The van der Waals surface area contributed by atoms with Gasteiger partial charge in [-0.3, -0.25) is 4.79 Å². The number of fused-ring (bicyclic) bond motifs is 1. The van der Waals surface area contributed by atoms with Crippen molar-refractivity contribution in [2.24, 2.45) is 0 Å². The Balaban J connectivity index is 1.89. The van der Waals surface area contributed by atoms with Crippen molar-refractivity contribution in [3.05, 3.63) is 100.0 Å². The van der Waals surface area contributed by atoms with Crippen molar-refractivity contribution in [3.63, 3.8) is 0 Å². The normalized spacial score (nSPS) is 14.3. The first-order chi connectivity index (χ1) is 16.6. The van der Waals surface area contributed by atoms with Crippen molar-refractivity contribution >= 4 is 44.8 Å². The minimum Gasteiger partial charge on any atom is -0.464 e. The molecule has 0 spiro atoms. The Hall–Kier alpha value is -3.69. The Morgan fingerprint density at radius 3 is 2.46 bits per heavy atom. The van der Waals surface area contributed by atoms with Crippen molar-refractivity contribution in [1.29, 1.82) is 0 Å². The molecule has 1 aliphatic rings. The number of rotatable bonds is 5. The molecule has 1 amide bonds. The van der Waals surface area contributed by atoms with Crippen LogP contribution in [0.1, 0.15) is 16.7 Å². The van der Waals surface area contributed by atoms with Crippen molar-refractivity contribution in [2.45, 2.75) is 11.8 Å². The fourth-order valence-corrected chi connectivity index (χ4v) is 5.61. The molecule has 0 fully saturated rings. The van der Waals surface area contributed by atoms with Crippen molar-refractivity contribution < 1.29 is 27.1 Å². The number of amides is 1. The van der Waals surface area contributed by atoms with Gasteiger partial charge in [-0.05, 0) is 48.4 Å². The second-order valence-corrected chi connectivity index (χ2v) is 10.0. The van der Waals surface area contributed by atoms with Gasteiger partial charge in [0.25, 0.3) is 10.0 Å². The van der Waals surface area contributed by atoms with Gasteiger partial charge >= 0.3 is 5.97 Å². The highest BCUT2D eigenvalue weighted by Crippen LogP contribution is 2.41. The van der Waals surface area contributed by atoms with Crippen LogP contribution in [-0.4, -0.2) is 38.3 Å². The van der Waals surface area contributed by atoms with E-state index in [1.165, 1.54) is 30.3 Å². The number of nitrogens with one attached hydrogen (secondary N) is 1. The monoisotopic (exact) mass is 514 g/mol. The molecule has 1 heterocycles. The number of aryl methyl sites for hydroxylation is 1. The van der Waals surface area contributed by atoms with Gasteiger partial charge < -0.3 is 10.1 Å². The molecule has 1 N–H and O–H groups in total. The quantitative estimate of drug-likeness (QED) is 0.511. The molecule has 0 saturated carbocycles. The fourth-order valence-electron chi connectivity index (χ4n) is 3.82. The molecule has 35 heavy (non-hydrogen) atoms. The summed E-state index contributed by atoms with van der Waals surface area (Å²) in [5.41, 5.74) is 1.41. The van der Waals surface area contributed by atoms with Gasteiger partial charge in [-0.2, -0.15) is 0 Å². The van der Waals surface area contributed by atoms with Gasteiger partial charge in [-0.1, -0.05) is 48.0 Å². The van der Waals surface area contributed by atoms with Crippen LogP contribution < -0.4 is 5.32 Å². The summed E-state index contributed by atoms with van der Waals surface area (Å²) >= 11 is 6.18. The third kappa shape index (κ3) is 4.65. The minimum atomic E-state index is -4.37. The first kappa shape index (κ1) is 24.4. The van der Waals surface area contributed by atoms with E-state index in [1.807, 2.05) is 0 Å². The maximum atomic E-state index is 13.7. The number of sulfonamides is 1. The van der Waals surface area contributed by atoms with Crippen molar-refractivity contribution in [2.75, 3.05) is 19.0 Å². The maximum absolute atomic E-state index is 13.7. The van der Waals surface area contributed by atoms with Gasteiger partial charge in [0.2, 0.25) is 5.91 Å². The number of nitrogens with zero attached hydrogens (tertiary/aromatic N) is 1. The zero-order valence-electron chi connectivity index (χ0n) is 18.7. The zero-order valence-corrected chi connectivity index (χ0v) is 20.3. The van der Waals surface area contributed by atoms with E-state index < -0.39 is 34.3 Å². The molecular formula is C25H20ClFN2O5S. The number of ether oxygens (including phenoxy) is 1. The molecule has 180 valence electrons. The van der Waals surface area contributed by atoms with Crippen LogP contribution in [-0.2, 0) is 24.3 Å². The Labute approximate surface area is 206 Å². The lowest BCUT2D eigenvalue weighted by Gasteiger charge is -2.33. The molecule has 3 aromatic rings. The van der Waals surface area contributed by atoms with E-state index in [2.05, 4.69) is 5.32 Å². The summed E-state index contributed by atoms with van der Waals surface area (Å²) in [5.74, 6) is -2.29. The molecule has 3 aromatic carbocycles. The van der Waals surface area contributed by atoms with Crippen molar-refractivity contribution in [3.8, 4) is 0 Å². The van der Waals surface area contributed by atoms with Crippen LogP contribution in [0.5, 0.6) is 0 Å². The highest BCUT2D eigenvalue weighted by Gasteiger charge is 2.41. The molecule has 10 heteroatoms. The third-order valence-corrected chi connectivity index (χ3v) is 7.51. The highest BCUT2D eigenvalue weighted by molar-refractivity contribution is 7.89. The van der Waals surface area contributed by atoms with Crippen LogP contribution in [0, 0.1) is 12.7 Å². The number of hydrogen-bond acceptors (Lipinski definition) is 5. The minimum absolute atomic E-state index is 0.122. The number of benzene rings is 3. The third-order valence-electron chi connectivity index (χ3n) is 5.47. The predicted octanol–water partition coefficient (Wildman–Crippen LogP) is 4.36. The van der Waals surface area contributed by atoms with Crippen molar-refractivity contribution in [1.82, 2.24) is 4.31 Å². The van der Waals surface area contributed by atoms with Crippen LogP contribution in [0.3, 0.4) is 0 Å². The lowest BCUT2D eigenvalue weighted by molar-refractivity contribution is -0.137. The largest absolute Gasteiger partial charge is 0.464 e. The molecule has 1 aliphatic heterocycles. The number of hydrogen-bond donors (Lipinski definition) is 1. The van der Waals surface area contributed by atoms with E-state index >= 15 is 0 Å². The van der Waals surface area contributed by atoms with Crippen LogP contribution in [0.2, 0.25) is 5.02 Å². The molecule has 0 saturated heterocycles. The lowest BCUT2D eigenvalue weighted by Crippen LogP contribution is -2.43. The first-order valence-electron chi connectivity index (χ1n) is 10.4. The fraction of sp³-hybridized carbons (Fsp3) is 0.120. The van der Waals surface area contributed by atoms with Crippen LogP contribution in [0.25, 0.3) is 5.57 Å². The molecule has 0 radical (unpaired) electrons. The number of methoxy groups -OCH3 is 1. The average molecular weight is 515 g/mol. The number of carbonyl (C=O) groups is 2. The van der Waals surface area contributed by atoms with Gasteiger partial charge in [-0.25, -0.2) is 21.9 Å². The van der Waals surface area contributed by atoms with E-state index in [0.717, 1.165) is 13.2 Å². The number of halogens is 2. The van der Waals surface area contributed by atoms with E-state index in [4.69, 9.17) is 16.3 Å². The highest BCUT2D eigenvalue weighted by atomic mass is 35.5. The molecule has 0 aromatic heterocycles. The summed E-state index contributed by atoms with van der Waals surface area (Å²) in [6, 6.07) is 16.7. The molecule has 0 unspecified atom stereocenters. The Bertz CT molecular complexity index is 1470. The van der Waals surface area contributed by atoms with E-state index in [1.54, 1.807) is 37.3 Å².